The molecule has 1 aliphatic rings. The van der Waals surface area contributed by atoms with Crippen LogP contribution in [0.3, 0.4) is 0 Å². The second-order valence-corrected chi connectivity index (χ2v) is 8.47. The largest absolute Gasteiger partial charge is 0.314 e. The summed E-state index contributed by atoms with van der Waals surface area (Å²) < 4.78 is 26.2. The van der Waals surface area contributed by atoms with Crippen molar-refractivity contribution in [1.29, 1.82) is 0 Å². The zero-order valence-electron chi connectivity index (χ0n) is 13.4. The molecule has 0 saturated carbocycles. The Morgan fingerprint density at radius 3 is 2.35 bits per heavy atom. The first kappa shape index (κ1) is 17.9. The molecular formula is C14H31N3O2S. The summed E-state index contributed by atoms with van der Waals surface area (Å²) in [7, 11) is 1.10. The van der Waals surface area contributed by atoms with E-state index in [1.54, 1.807) is 4.31 Å². The van der Waals surface area contributed by atoms with Crippen molar-refractivity contribution in [2.24, 2.45) is 5.92 Å². The normalized spacial score (nSPS) is 19.1. The second kappa shape index (κ2) is 8.32. The van der Waals surface area contributed by atoms with Crippen LogP contribution in [0.15, 0.2) is 0 Å². The number of sulfonamides is 1. The molecule has 1 fully saturated rings. The number of hydrogen-bond donors (Lipinski definition) is 1. The number of nitrogens with one attached hydrogen (secondary N) is 1. The van der Waals surface area contributed by atoms with E-state index in [4.69, 9.17) is 0 Å². The molecule has 20 heavy (non-hydrogen) atoms. The lowest BCUT2D eigenvalue weighted by atomic mass is 9.98. The highest BCUT2D eigenvalue weighted by molar-refractivity contribution is 7.89. The van der Waals surface area contributed by atoms with E-state index in [-0.39, 0.29) is 5.75 Å². The van der Waals surface area contributed by atoms with E-state index in [1.165, 1.54) is 0 Å². The number of hydrogen-bond acceptors (Lipinski definition) is 4. The first-order valence-corrected chi connectivity index (χ1v) is 9.28. The van der Waals surface area contributed by atoms with Crippen molar-refractivity contribution >= 4 is 10.0 Å². The van der Waals surface area contributed by atoms with Crippen molar-refractivity contribution < 1.29 is 8.42 Å². The van der Waals surface area contributed by atoms with Crippen LogP contribution in [0.4, 0.5) is 0 Å². The van der Waals surface area contributed by atoms with Crippen molar-refractivity contribution in [2.45, 2.75) is 39.2 Å². The third-order valence-electron chi connectivity index (χ3n) is 3.72. The van der Waals surface area contributed by atoms with Crippen LogP contribution < -0.4 is 5.32 Å². The van der Waals surface area contributed by atoms with Gasteiger partial charge in [0, 0.05) is 25.7 Å². The summed E-state index contributed by atoms with van der Waals surface area (Å²) in [4.78, 5) is 2.19. The van der Waals surface area contributed by atoms with Gasteiger partial charge in [-0.25, -0.2) is 12.7 Å². The zero-order valence-corrected chi connectivity index (χ0v) is 14.2. The van der Waals surface area contributed by atoms with Gasteiger partial charge in [-0.1, -0.05) is 13.8 Å². The Labute approximate surface area is 124 Å². The van der Waals surface area contributed by atoms with Crippen LogP contribution in [0, 0.1) is 5.92 Å². The summed E-state index contributed by atoms with van der Waals surface area (Å²) in [5, 5.41) is 3.26. The van der Waals surface area contributed by atoms with Gasteiger partial charge in [0.1, 0.15) is 0 Å². The predicted molar refractivity (Wildman–Crippen MR) is 84.4 cm³/mol. The Hall–Kier alpha value is -0.170. The Kier molecular flexibility index (Phi) is 7.43. The van der Waals surface area contributed by atoms with E-state index in [1.807, 2.05) is 0 Å². The second-order valence-electron chi connectivity index (χ2n) is 6.38. The molecule has 120 valence electrons. The molecule has 1 N–H and O–H groups in total. The number of piperidine rings is 1. The van der Waals surface area contributed by atoms with E-state index in [0.717, 1.165) is 25.9 Å². The SMILES string of the molecule is CC(C)NCCCS(=O)(=O)N1CCC(CN(C)C)CC1. The lowest BCUT2D eigenvalue weighted by molar-refractivity contribution is 0.225. The maximum absolute atomic E-state index is 12.2. The standard InChI is InChI=1S/C14H31N3O2S/c1-13(2)15-8-5-11-20(18,19)17-9-6-14(7-10-17)12-16(3)4/h13-15H,5-12H2,1-4H3. The van der Waals surface area contributed by atoms with E-state index in [9.17, 15) is 8.42 Å². The monoisotopic (exact) mass is 305 g/mol. The molecule has 1 rings (SSSR count). The summed E-state index contributed by atoms with van der Waals surface area (Å²) in [6.07, 6.45) is 2.67. The van der Waals surface area contributed by atoms with Gasteiger partial charge in [0.05, 0.1) is 5.75 Å². The van der Waals surface area contributed by atoms with Crippen molar-refractivity contribution in [3.63, 3.8) is 0 Å². The lowest BCUT2D eigenvalue weighted by Crippen LogP contribution is -2.42. The van der Waals surface area contributed by atoms with Crippen LogP contribution in [-0.4, -0.2) is 69.7 Å². The minimum Gasteiger partial charge on any atom is -0.314 e. The van der Waals surface area contributed by atoms with Gasteiger partial charge in [-0.15, -0.1) is 0 Å². The molecule has 0 aromatic carbocycles. The molecule has 0 unspecified atom stereocenters. The van der Waals surface area contributed by atoms with Crippen molar-refractivity contribution in [1.82, 2.24) is 14.5 Å². The molecule has 0 aromatic heterocycles. The minimum absolute atomic E-state index is 0.269. The van der Waals surface area contributed by atoms with E-state index >= 15 is 0 Å². The van der Waals surface area contributed by atoms with E-state index in [0.29, 0.717) is 31.5 Å². The highest BCUT2D eigenvalue weighted by Gasteiger charge is 2.27. The lowest BCUT2D eigenvalue weighted by Gasteiger charge is -2.32. The van der Waals surface area contributed by atoms with Crippen LogP contribution in [0.1, 0.15) is 33.1 Å². The molecule has 1 heterocycles. The quantitative estimate of drug-likeness (QED) is 0.679. The summed E-state index contributed by atoms with van der Waals surface area (Å²) in [6.45, 7) is 7.37. The van der Waals surface area contributed by atoms with Crippen LogP contribution in [-0.2, 0) is 10.0 Å². The summed E-state index contributed by atoms with van der Waals surface area (Å²) in [5.74, 6) is 0.907. The van der Waals surface area contributed by atoms with Gasteiger partial charge in [-0.05, 0) is 45.8 Å². The van der Waals surface area contributed by atoms with E-state index < -0.39 is 10.0 Å². The molecule has 0 amide bonds. The maximum atomic E-state index is 12.2. The highest BCUT2D eigenvalue weighted by Crippen LogP contribution is 2.20. The fourth-order valence-corrected chi connectivity index (χ4v) is 4.20. The molecule has 5 nitrogen and oxygen atoms in total. The minimum atomic E-state index is -3.05. The molecule has 0 spiro atoms. The van der Waals surface area contributed by atoms with Crippen molar-refractivity contribution in [2.75, 3.05) is 46.0 Å². The fourth-order valence-electron chi connectivity index (χ4n) is 2.66. The molecule has 0 atom stereocenters. The predicted octanol–water partition coefficient (Wildman–Crippen LogP) is 0.978. The zero-order chi connectivity index (χ0) is 15.2. The first-order chi connectivity index (χ1) is 9.31. The Morgan fingerprint density at radius 1 is 1.25 bits per heavy atom. The van der Waals surface area contributed by atoms with E-state index in [2.05, 4.69) is 38.2 Å². The van der Waals surface area contributed by atoms with Gasteiger partial charge >= 0.3 is 0 Å². The smallest absolute Gasteiger partial charge is 0.214 e. The highest BCUT2D eigenvalue weighted by atomic mass is 32.2. The van der Waals surface area contributed by atoms with Crippen LogP contribution in [0.25, 0.3) is 0 Å². The third-order valence-corrected chi connectivity index (χ3v) is 5.68. The van der Waals surface area contributed by atoms with Crippen molar-refractivity contribution in [3.05, 3.63) is 0 Å². The Bertz CT molecular complexity index is 361. The summed E-state index contributed by atoms with van der Waals surface area (Å²) in [6, 6.07) is 0.416. The van der Waals surface area contributed by atoms with Gasteiger partial charge in [0.2, 0.25) is 10.0 Å². The summed E-state index contributed by atoms with van der Waals surface area (Å²) >= 11 is 0. The van der Waals surface area contributed by atoms with Crippen LogP contribution in [0.2, 0.25) is 0 Å². The maximum Gasteiger partial charge on any atom is 0.214 e. The number of nitrogens with zero attached hydrogens (tertiary/aromatic N) is 2. The molecule has 0 radical (unpaired) electrons. The Balaban J connectivity index is 2.31. The first-order valence-electron chi connectivity index (χ1n) is 7.67. The fraction of sp³-hybridized carbons (Fsp3) is 1.00. The van der Waals surface area contributed by atoms with Gasteiger partial charge in [-0.2, -0.15) is 0 Å². The van der Waals surface area contributed by atoms with Crippen LogP contribution in [0.5, 0.6) is 0 Å². The average molecular weight is 305 g/mol. The Morgan fingerprint density at radius 2 is 1.85 bits per heavy atom. The molecular weight excluding hydrogens is 274 g/mol. The third kappa shape index (κ3) is 6.52. The molecule has 1 aliphatic heterocycles. The molecule has 6 heteroatoms. The van der Waals surface area contributed by atoms with Gasteiger partial charge < -0.3 is 10.2 Å². The number of rotatable bonds is 8. The van der Waals surface area contributed by atoms with Gasteiger partial charge in [-0.3, -0.25) is 0 Å². The van der Waals surface area contributed by atoms with Crippen molar-refractivity contribution in [3.8, 4) is 0 Å². The van der Waals surface area contributed by atoms with Gasteiger partial charge in [0.25, 0.3) is 0 Å². The molecule has 0 bridgehead atoms. The topological polar surface area (TPSA) is 52.7 Å². The molecule has 0 aliphatic carbocycles. The van der Waals surface area contributed by atoms with Crippen LogP contribution >= 0.6 is 0 Å². The molecule has 0 aromatic rings. The average Bonchev–Trinajstić information content (AvgIpc) is 2.34. The van der Waals surface area contributed by atoms with Gasteiger partial charge in [0.15, 0.2) is 0 Å². The summed E-state index contributed by atoms with van der Waals surface area (Å²) in [5.41, 5.74) is 0. The molecule has 1 saturated heterocycles.